The summed E-state index contributed by atoms with van der Waals surface area (Å²) in [4.78, 5) is 22.1. The Morgan fingerprint density at radius 1 is 1.10 bits per heavy atom. The molecule has 0 saturated carbocycles. The van der Waals surface area contributed by atoms with Gasteiger partial charge in [-0.05, 0) is 12.1 Å². The molecule has 0 aliphatic heterocycles. The van der Waals surface area contributed by atoms with Gasteiger partial charge in [-0.2, -0.15) is 0 Å². The van der Waals surface area contributed by atoms with Crippen LogP contribution in [0.5, 0.6) is 0 Å². The summed E-state index contributed by atoms with van der Waals surface area (Å²) in [5.74, 6) is -0.527. The maximum Gasteiger partial charge on any atom is 0.272 e. The zero-order chi connectivity index (χ0) is 14.7. The Bertz CT molecular complexity index is 652. The monoisotopic (exact) mass is 310 g/mol. The number of nitrogens with zero attached hydrogens (tertiary/aromatic N) is 1. The topological polar surface area (TPSA) is 72.2 Å². The van der Waals surface area contributed by atoms with E-state index in [0.29, 0.717) is 5.69 Å². The van der Waals surface area contributed by atoms with E-state index < -0.39 is 10.8 Å². The molecule has 0 spiro atoms. The molecule has 0 saturated heterocycles. The van der Waals surface area contributed by atoms with Gasteiger partial charge in [0.05, 0.1) is 20.5 Å². The molecule has 0 radical (unpaired) electrons. The average molecular weight is 311 g/mol. The first-order valence-electron chi connectivity index (χ1n) is 5.49. The van der Waals surface area contributed by atoms with Crippen LogP contribution in [0.2, 0.25) is 10.0 Å². The molecule has 0 atom stereocenters. The van der Waals surface area contributed by atoms with Crippen LogP contribution in [-0.2, 0) is 0 Å². The van der Waals surface area contributed by atoms with Gasteiger partial charge >= 0.3 is 0 Å². The molecule has 2 rings (SSSR count). The molecule has 0 fully saturated rings. The number of anilines is 1. The molecule has 0 bridgehead atoms. The molecule has 0 aliphatic rings. The van der Waals surface area contributed by atoms with E-state index in [1.54, 1.807) is 24.3 Å². The summed E-state index contributed by atoms with van der Waals surface area (Å²) in [6.45, 7) is 0. The average Bonchev–Trinajstić information content (AvgIpc) is 2.38. The highest BCUT2D eigenvalue weighted by atomic mass is 35.5. The van der Waals surface area contributed by atoms with Crippen molar-refractivity contribution in [1.82, 2.24) is 0 Å². The Labute approximate surface area is 124 Å². The standard InChI is InChI=1S/C13H8Cl2N2O3/c14-10-6-9(17(19)20)7-11(15)12(10)13(18)16-8-4-2-1-3-5-8/h1-7H,(H,16,18). The number of rotatable bonds is 3. The van der Waals surface area contributed by atoms with Gasteiger partial charge < -0.3 is 5.32 Å². The smallest absolute Gasteiger partial charge is 0.272 e. The minimum absolute atomic E-state index is 0.00258. The minimum Gasteiger partial charge on any atom is -0.322 e. The third kappa shape index (κ3) is 3.07. The molecular weight excluding hydrogens is 303 g/mol. The zero-order valence-electron chi connectivity index (χ0n) is 9.97. The number of non-ortho nitro benzene ring substituents is 1. The zero-order valence-corrected chi connectivity index (χ0v) is 11.5. The number of halogens is 2. The van der Waals surface area contributed by atoms with Crippen LogP contribution in [0.25, 0.3) is 0 Å². The van der Waals surface area contributed by atoms with Crippen LogP contribution in [-0.4, -0.2) is 10.8 Å². The van der Waals surface area contributed by atoms with Crippen molar-refractivity contribution >= 4 is 40.5 Å². The lowest BCUT2D eigenvalue weighted by Gasteiger charge is -2.08. The van der Waals surface area contributed by atoms with Gasteiger partial charge in [-0.15, -0.1) is 0 Å². The molecule has 0 aliphatic carbocycles. The maximum absolute atomic E-state index is 12.1. The molecule has 102 valence electrons. The third-order valence-electron chi connectivity index (χ3n) is 2.50. The van der Waals surface area contributed by atoms with Crippen molar-refractivity contribution in [2.75, 3.05) is 5.32 Å². The highest BCUT2D eigenvalue weighted by molar-refractivity contribution is 6.40. The fourth-order valence-electron chi connectivity index (χ4n) is 1.60. The number of carbonyl (C=O) groups is 1. The molecule has 1 amide bonds. The number of nitro benzene ring substituents is 1. The Kier molecular flexibility index (Phi) is 4.22. The molecule has 0 unspecified atom stereocenters. The van der Waals surface area contributed by atoms with Gasteiger partial charge in [0, 0.05) is 17.8 Å². The number of nitro groups is 1. The third-order valence-corrected chi connectivity index (χ3v) is 3.09. The number of hydrogen-bond acceptors (Lipinski definition) is 3. The number of benzene rings is 2. The minimum atomic E-state index is -0.628. The summed E-state index contributed by atoms with van der Waals surface area (Å²) in [7, 11) is 0. The van der Waals surface area contributed by atoms with Crippen LogP contribution < -0.4 is 5.32 Å². The van der Waals surface area contributed by atoms with Gasteiger partial charge in [-0.1, -0.05) is 41.4 Å². The summed E-state index contributed by atoms with van der Waals surface area (Å²) >= 11 is 11.8. The first-order valence-corrected chi connectivity index (χ1v) is 6.24. The van der Waals surface area contributed by atoms with Gasteiger partial charge in [0.15, 0.2) is 0 Å². The summed E-state index contributed by atoms with van der Waals surface area (Å²) in [5, 5.41) is 13.1. The van der Waals surface area contributed by atoms with Gasteiger partial charge in [-0.3, -0.25) is 14.9 Å². The second-order valence-corrected chi connectivity index (χ2v) is 4.68. The van der Waals surface area contributed by atoms with Crippen LogP contribution in [0, 0.1) is 10.1 Å². The van der Waals surface area contributed by atoms with Crippen molar-refractivity contribution in [3.8, 4) is 0 Å². The molecule has 0 heterocycles. The van der Waals surface area contributed by atoms with Gasteiger partial charge in [0.25, 0.3) is 11.6 Å². The van der Waals surface area contributed by atoms with Gasteiger partial charge in [0.1, 0.15) is 0 Å². The number of nitrogens with one attached hydrogen (secondary N) is 1. The van der Waals surface area contributed by atoms with E-state index in [0.717, 1.165) is 12.1 Å². The fourth-order valence-corrected chi connectivity index (χ4v) is 2.24. The molecular formula is C13H8Cl2N2O3. The van der Waals surface area contributed by atoms with Gasteiger partial charge in [-0.25, -0.2) is 0 Å². The predicted molar refractivity (Wildman–Crippen MR) is 77.5 cm³/mol. The van der Waals surface area contributed by atoms with Crippen molar-refractivity contribution in [2.45, 2.75) is 0 Å². The summed E-state index contributed by atoms with van der Waals surface area (Å²) < 4.78 is 0. The van der Waals surface area contributed by atoms with Crippen LogP contribution in [0.4, 0.5) is 11.4 Å². The van der Waals surface area contributed by atoms with E-state index in [4.69, 9.17) is 23.2 Å². The van der Waals surface area contributed by atoms with E-state index in [-0.39, 0.29) is 21.3 Å². The number of para-hydroxylation sites is 1. The first kappa shape index (κ1) is 14.3. The summed E-state index contributed by atoms with van der Waals surface area (Å²) in [6.07, 6.45) is 0. The highest BCUT2D eigenvalue weighted by Gasteiger charge is 2.20. The summed E-state index contributed by atoms with van der Waals surface area (Å²) in [6, 6.07) is 10.9. The molecule has 5 nitrogen and oxygen atoms in total. The van der Waals surface area contributed by atoms with Crippen molar-refractivity contribution in [1.29, 1.82) is 0 Å². The fraction of sp³-hybridized carbons (Fsp3) is 0. The Morgan fingerprint density at radius 2 is 1.65 bits per heavy atom. The number of amides is 1. The van der Waals surface area contributed by atoms with E-state index in [1.807, 2.05) is 6.07 Å². The highest BCUT2D eigenvalue weighted by Crippen LogP contribution is 2.30. The molecule has 20 heavy (non-hydrogen) atoms. The molecule has 2 aromatic carbocycles. The largest absolute Gasteiger partial charge is 0.322 e. The maximum atomic E-state index is 12.1. The molecule has 1 N–H and O–H groups in total. The molecule has 2 aromatic rings. The lowest BCUT2D eigenvalue weighted by atomic mass is 10.2. The van der Waals surface area contributed by atoms with Crippen molar-refractivity contribution < 1.29 is 9.72 Å². The van der Waals surface area contributed by atoms with Crippen LogP contribution in [0.1, 0.15) is 10.4 Å². The van der Waals surface area contributed by atoms with Crippen LogP contribution in [0.15, 0.2) is 42.5 Å². The molecule has 0 aromatic heterocycles. The lowest BCUT2D eigenvalue weighted by Crippen LogP contribution is -2.13. The van der Waals surface area contributed by atoms with E-state index in [1.165, 1.54) is 0 Å². The quantitative estimate of drug-likeness (QED) is 0.683. The number of hydrogen-bond donors (Lipinski definition) is 1. The van der Waals surface area contributed by atoms with E-state index >= 15 is 0 Å². The lowest BCUT2D eigenvalue weighted by molar-refractivity contribution is -0.384. The van der Waals surface area contributed by atoms with Crippen molar-refractivity contribution in [3.63, 3.8) is 0 Å². The SMILES string of the molecule is O=C(Nc1ccccc1)c1c(Cl)cc([N+](=O)[O-])cc1Cl. The second-order valence-electron chi connectivity index (χ2n) is 3.86. The Balaban J connectivity index is 2.33. The second kappa shape index (κ2) is 5.90. The first-order chi connectivity index (χ1) is 9.49. The van der Waals surface area contributed by atoms with Gasteiger partial charge in [0.2, 0.25) is 0 Å². The predicted octanol–water partition coefficient (Wildman–Crippen LogP) is 4.15. The van der Waals surface area contributed by atoms with Crippen LogP contribution >= 0.6 is 23.2 Å². The summed E-state index contributed by atoms with van der Waals surface area (Å²) in [5.41, 5.74) is 0.307. The van der Waals surface area contributed by atoms with Crippen molar-refractivity contribution in [3.05, 3.63) is 68.2 Å². The van der Waals surface area contributed by atoms with E-state index in [2.05, 4.69) is 5.32 Å². The van der Waals surface area contributed by atoms with Crippen LogP contribution in [0.3, 0.4) is 0 Å². The normalized spacial score (nSPS) is 10.1. The Morgan fingerprint density at radius 3 is 2.15 bits per heavy atom. The van der Waals surface area contributed by atoms with E-state index in [9.17, 15) is 14.9 Å². The Hall–Kier alpha value is -2.11. The van der Waals surface area contributed by atoms with Crippen molar-refractivity contribution in [2.24, 2.45) is 0 Å². The number of carbonyl (C=O) groups excluding carboxylic acids is 1. The molecule has 7 heteroatoms.